The minimum absolute atomic E-state index is 0.113. The zero-order chi connectivity index (χ0) is 14.9. The van der Waals surface area contributed by atoms with Crippen LogP contribution in [0.25, 0.3) is 0 Å². The third-order valence-electron chi connectivity index (χ3n) is 2.99. The van der Waals surface area contributed by atoms with Crippen LogP contribution in [0.5, 0.6) is 0 Å². The molecule has 0 bridgehead atoms. The van der Waals surface area contributed by atoms with E-state index < -0.39 is 10.0 Å². The number of primary sulfonamides is 1. The molecular formula is C13H16ClN3O2S. The minimum atomic E-state index is -3.79. The van der Waals surface area contributed by atoms with Gasteiger partial charge in [0.05, 0.1) is 6.54 Å². The molecule has 2 aromatic rings. The summed E-state index contributed by atoms with van der Waals surface area (Å²) >= 11 is 6.19. The van der Waals surface area contributed by atoms with Crippen molar-refractivity contribution in [3.05, 3.63) is 46.4 Å². The van der Waals surface area contributed by atoms with Gasteiger partial charge in [-0.05, 0) is 24.1 Å². The second kappa shape index (κ2) is 5.55. The molecule has 2 N–H and O–H groups in total. The summed E-state index contributed by atoms with van der Waals surface area (Å²) < 4.78 is 24.5. The Morgan fingerprint density at radius 2 is 2.10 bits per heavy atom. The van der Waals surface area contributed by atoms with Crippen LogP contribution in [-0.4, -0.2) is 18.0 Å². The molecule has 0 aliphatic carbocycles. The van der Waals surface area contributed by atoms with Gasteiger partial charge < -0.3 is 4.57 Å². The summed E-state index contributed by atoms with van der Waals surface area (Å²) in [5.74, 6) is 0.658. The summed E-state index contributed by atoms with van der Waals surface area (Å²) in [5, 5.41) is 5.64. The number of hydrogen-bond acceptors (Lipinski definition) is 3. The molecule has 1 aromatic carbocycles. The van der Waals surface area contributed by atoms with Gasteiger partial charge in [0.25, 0.3) is 10.0 Å². The molecule has 0 spiro atoms. The summed E-state index contributed by atoms with van der Waals surface area (Å²) in [5.41, 5.74) is 1.98. The molecule has 0 unspecified atom stereocenters. The third kappa shape index (κ3) is 3.20. The molecule has 1 heterocycles. The average molecular weight is 314 g/mol. The highest BCUT2D eigenvalue weighted by atomic mass is 35.5. The number of benzene rings is 1. The standard InChI is InChI=1S/C13H16ClN3O2S/c1-3-12-16-13(20(15,18)19)8-17(12)7-10-5-4-9(2)6-11(10)14/h4-6,8H,3,7H2,1-2H3,(H2,15,18,19). The largest absolute Gasteiger partial charge is 0.329 e. The molecule has 0 aliphatic heterocycles. The molecule has 7 heteroatoms. The van der Waals surface area contributed by atoms with E-state index in [1.165, 1.54) is 6.20 Å². The summed E-state index contributed by atoms with van der Waals surface area (Å²) in [6.07, 6.45) is 2.06. The van der Waals surface area contributed by atoms with Crippen LogP contribution in [-0.2, 0) is 23.0 Å². The molecule has 0 aliphatic rings. The summed E-state index contributed by atoms with van der Waals surface area (Å²) in [6, 6.07) is 5.76. The average Bonchev–Trinajstić information content (AvgIpc) is 2.75. The molecule has 108 valence electrons. The maximum absolute atomic E-state index is 11.4. The summed E-state index contributed by atoms with van der Waals surface area (Å²) in [7, 11) is -3.79. The minimum Gasteiger partial charge on any atom is -0.329 e. The van der Waals surface area contributed by atoms with Gasteiger partial charge in [-0.15, -0.1) is 0 Å². The number of rotatable bonds is 4. The van der Waals surface area contributed by atoms with Crippen LogP contribution in [0.4, 0.5) is 0 Å². The first-order chi connectivity index (χ1) is 9.31. The fourth-order valence-corrected chi connectivity index (χ4v) is 2.75. The number of nitrogens with zero attached hydrogens (tertiary/aromatic N) is 2. The fraction of sp³-hybridized carbons (Fsp3) is 0.308. The first kappa shape index (κ1) is 15.0. The van der Waals surface area contributed by atoms with Gasteiger partial charge in [0.1, 0.15) is 5.82 Å². The Kier molecular flexibility index (Phi) is 4.17. The Morgan fingerprint density at radius 1 is 1.40 bits per heavy atom. The van der Waals surface area contributed by atoms with Gasteiger partial charge in [-0.2, -0.15) is 0 Å². The van der Waals surface area contributed by atoms with E-state index >= 15 is 0 Å². The zero-order valence-corrected chi connectivity index (χ0v) is 12.9. The van der Waals surface area contributed by atoms with Gasteiger partial charge in [0, 0.05) is 17.6 Å². The maximum atomic E-state index is 11.4. The predicted octanol–water partition coefficient (Wildman–Crippen LogP) is 2.10. The van der Waals surface area contributed by atoms with Gasteiger partial charge in [-0.1, -0.05) is 30.7 Å². The lowest BCUT2D eigenvalue weighted by Crippen LogP contribution is -2.12. The highest BCUT2D eigenvalue weighted by Gasteiger charge is 2.16. The lowest BCUT2D eigenvalue weighted by molar-refractivity contribution is 0.594. The van der Waals surface area contributed by atoms with E-state index in [1.54, 1.807) is 4.57 Å². The number of imidazole rings is 1. The molecule has 0 amide bonds. The number of aryl methyl sites for hydroxylation is 2. The van der Waals surface area contributed by atoms with Crippen LogP contribution in [0.1, 0.15) is 23.9 Å². The van der Waals surface area contributed by atoms with E-state index in [-0.39, 0.29) is 5.03 Å². The molecule has 1 aromatic heterocycles. The van der Waals surface area contributed by atoms with Crippen LogP contribution in [0.3, 0.4) is 0 Å². The Labute approximate surface area is 123 Å². The van der Waals surface area contributed by atoms with Gasteiger partial charge in [-0.3, -0.25) is 0 Å². The molecule has 0 fully saturated rings. The molecule has 0 atom stereocenters. The van der Waals surface area contributed by atoms with Crippen molar-refractivity contribution in [2.45, 2.75) is 31.8 Å². The number of nitrogens with two attached hydrogens (primary N) is 1. The lowest BCUT2D eigenvalue weighted by Gasteiger charge is -2.08. The van der Waals surface area contributed by atoms with Crippen LogP contribution in [0, 0.1) is 6.92 Å². The topological polar surface area (TPSA) is 78.0 Å². The Bertz CT molecular complexity index is 738. The van der Waals surface area contributed by atoms with Gasteiger partial charge >= 0.3 is 0 Å². The lowest BCUT2D eigenvalue weighted by atomic mass is 10.1. The molecule has 5 nitrogen and oxygen atoms in total. The molecule has 2 rings (SSSR count). The third-order valence-corrected chi connectivity index (χ3v) is 4.13. The Balaban J connectivity index is 2.40. The van der Waals surface area contributed by atoms with E-state index in [2.05, 4.69) is 4.98 Å². The van der Waals surface area contributed by atoms with Crippen LogP contribution in [0.2, 0.25) is 5.02 Å². The molecule has 0 saturated carbocycles. The van der Waals surface area contributed by atoms with Gasteiger partial charge in [0.15, 0.2) is 5.03 Å². The first-order valence-electron chi connectivity index (χ1n) is 6.15. The van der Waals surface area contributed by atoms with Crippen molar-refractivity contribution in [2.24, 2.45) is 5.14 Å². The fourth-order valence-electron chi connectivity index (χ4n) is 1.95. The predicted molar refractivity (Wildman–Crippen MR) is 78.3 cm³/mol. The quantitative estimate of drug-likeness (QED) is 0.939. The van der Waals surface area contributed by atoms with Crippen LogP contribution in [0.15, 0.2) is 29.4 Å². The van der Waals surface area contributed by atoms with Gasteiger partial charge in [0.2, 0.25) is 0 Å². The zero-order valence-electron chi connectivity index (χ0n) is 11.3. The highest BCUT2D eigenvalue weighted by molar-refractivity contribution is 7.89. The number of hydrogen-bond donors (Lipinski definition) is 1. The summed E-state index contributed by atoms with van der Waals surface area (Å²) in [6.45, 7) is 4.33. The van der Waals surface area contributed by atoms with Crippen LogP contribution < -0.4 is 5.14 Å². The van der Waals surface area contributed by atoms with Crippen LogP contribution >= 0.6 is 11.6 Å². The maximum Gasteiger partial charge on any atom is 0.257 e. The normalized spacial score (nSPS) is 11.8. The molecule has 0 radical (unpaired) electrons. The van der Waals surface area contributed by atoms with Gasteiger partial charge in [-0.25, -0.2) is 18.5 Å². The Hall–Kier alpha value is -1.37. The number of sulfonamides is 1. The second-order valence-corrected chi connectivity index (χ2v) is 6.53. The van der Waals surface area contributed by atoms with E-state index in [9.17, 15) is 8.42 Å². The number of halogens is 1. The van der Waals surface area contributed by atoms with E-state index in [4.69, 9.17) is 16.7 Å². The molecule has 0 saturated heterocycles. The number of aromatic nitrogens is 2. The van der Waals surface area contributed by atoms with Crippen molar-refractivity contribution < 1.29 is 8.42 Å². The van der Waals surface area contributed by atoms with Crippen molar-refractivity contribution in [3.63, 3.8) is 0 Å². The van der Waals surface area contributed by atoms with Crippen molar-refractivity contribution in [2.75, 3.05) is 0 Å². The van der Waals surface area contributed by atoms with Crippen molar-refractivity contribution in [3.8, 4) is 0 Å². The molecule has 20 heavy (non-hydrogen) atoms. The second-order valence-electron chi connectivity index (χ2n) is 4.62. The SMILES string of the molecule is CCc1nc(S(N)(=O)=O)cn1Cc1ccc(C)cc1Cl. The van der Waals surface area contributed by atoms with E-state index in [1.807, 2.05) is 32.0 Å². The van der Waals surface area contributed by atoms with Crippen molar-refractivity contribution >= 4 is 21.6 Å². The van der Waals surface area contributed by atoms with E-state index in [0.717, 1.165) is 11.1 Å². The Morgan fingerprint density at radius 3 is 2.65 bits per heavy atom. The summed E-state index contributed by atoms with van der Waals surface area (Å²) in [4.78, 5) is 4.05. The highest BCUT2D eigenvalue weighted by Crippen LogP contribution is 2.20. The van der Waals surface area contributed by atoms with E-state index in [0.29, 0.717) is 23.8 Å². The van der Waals surface area contributed by atoms with Crippen molar-refractivity contribution in [1.29, 1.82) is 0 Å². The first-order valence-corrected chi connectivity index (χ1v) is 8.07. The smallest absolute Gasteiger partial charge is 0.257 e. The molecular weight excluding hydrogens is 298 g/mol. The monoisotopic (exact) mass is 313 g/mol. The van der Waals surface area contributed by atoms with Crippen molar-refractivity contribution in [1.82, 2.24) is 9.55 Å².